The first-order valence-electron chi connectivity index (χ1n) is 5.91. The summed E-state index contributed by atoms with van der Waals surface area (Å²) in [4.78, 5) is 0. The van der Waals surface area contributed by atoms with Crippen molar-refractivity contribution >= 4 is 10.8 Å². The summed E-state index contributed by atoms with van der Waals surface area (Å²) in [6.07, 6.45) is -0.770. The summed E-state index contributed by atoms with van der Waals surface area (Å²) in [7, 11) is 3.07. The average molecular weight is 246 g/mol. The number of fused-ring (bicyclic) bond motifs is 1. The van der Waals surface area contributed by atoms with Gasteiger partial charge in [-0.25, -0.2) is 0 Å². The molecule has 1 N–H and O–H groups in total. The van der Waals surface area contributed by atoms with Gasteiger partial charge in [0.05, 0.1) is 0 Å². The second-order valence-corrected chi connectivity index (χ2v) is 4.31. The predicted molar refractivity (Wildman–Crippen MR) is 71.3 cm³/mol. The van der Waals surface area contributed by atoms with Crippen molar-refractivity contribution < 1.29 is 14.6 Å². The van der Waals surface area contributed by atoms with Gasteiger partial charge < -0.3 is 14.6 Å². The Morgan fingerprint density at radius 1 is 1.00 bits per heavy atom. The lowest BCUT2D eigenvalue weighted by molar-refractivity contribution is -0.264. The summed E-state index contributed by atoms with van der Waals surface area (Å²) in [5, 5.41) is 12.2. The Bertz CT molecular complexity index is 530. The molecule has 0 aliphatic heterocycles. The van der Waals surface area contributed by atoms with Crippen LogP contribution in [0.1, 0.15) is 12.5 Å². The van der Waals surface area contributed by atoms with Crippen molar-refractivity contribution in [2.45, 2.75) is 18.8 Å². The van der Waals surface area contributed by atoms with E-state index in [4.69, 9.17) is 9.47 Å². The van der Waals surface area contributed by atoms with E-state index in [1.54, 1.807) is 6.92 Å². The lowest BCUT2D eigenvalue weighted by Gasteiger charge is -2.34. The zero-order valence-electron chi connectivity index (χ0n) is 10.9. The molecule has 18 heavy (non-hydrogen) atoms. The van der Waals surface area contributed by atoms with E-state index in [-0.39, 0.29) is 0 Å². The zero-order valence-corrected chi connectivity index (χ0v) is 10.9. The summed E-state index contributed by atoms with van der Waals surface area (Å²) in [6, 6.07) is 13.9. The smallest absolute Gasteiger partial charge is 0.221 e. The number of hydrogen-bond donors (Lipinski definition) is 1. The van der Waals surface area contributed by atoms with E-state index in [1.165, 1.54) is 14.2 Å². The fraction of sp³-hybridized carbons (Fsp3) is 0.333. The molecule has 0 aliphatic carbocycles. The monoisotopic (exact) mass is 246 g/mol. The first-order valence-corrected chi connectivity index (χ1v) is 5.91. The summed E-state index contributed by atoms with van der Waals surface area (Å²) >= 11 is 0. The molecule has 3 nitrogen and oxygen atoms in total. The van der Waals surface area contributed by atoms with Crippen LogP contribution >= 0.6 is 0 Å². The number of ether oxygens (including phenoxy) is 2. The van der Waals surface area contributed by atoms with Gasteiger partial charge in [0.15, 0.2) is 0 Å². The standard InChI is InChI=1S/C15H18O3/c1-11(16)15(17-2,18-3)14-9-8-12-6-4-5-7-13(12)10-14/h4-11,16H,1-3H3. The van der Waals surface area contributed by atoms with Crippen LogP contribution in [0, 0.1) is 0 Å². The Morgan fingerprint density at radius 2 is 1.61 bits per heavy atom. The largest absolute Gasteiger partial charge is 0.387 e. The van der Waals surface area contributed by atoms with Crippen molar-refractivity contribution in [2.75, 3.05) is 14.2 Å². The Balaban J connectivity index is 2.58. The van der Waals surface area contributed by atoms with E-state index in [2.05, 4.69) is 0 Å². The van der Waals surface area contributed by atoms with Gasteiger partial charge in [-0.3, -0.25) is 0 Å². The molecule has 1 unspecified atom stereocenters. The predicted octanol–water partition coefficient (Wildman–Crippen LogP) is 2.67. The molecule has 0 heterocycles. The van der Waals surface area contributed by atoms with Crippen molar-refractivity contribution in [2.24, 2.45) is 0 Å². The van der Waals surface area contributed by atoms with E-state index in [9.17, 15) is 5.11 Å². The molecule has 0 saturated heterocycles. The Hall–Kier alpha value is -1.42. The molecule has 0 spiro atoms. The first kappa shape index (κ1) is 13.0. The third-order valence-corrected chi connectivity index (χ3v) is 3.31. The second kappa shape index (κ2) is 5.06. The van der Waals surface area contributed by atoms with Crippen LogP contribution < -0.4 is 0 Å². The highest BCUT2D eigenvalue weighted by Crippen LogP contribution is 2.32. The van der Waals surface area contributed by atoms with Gasteiger partial charge >= 0.3 is 0 Å². The minimum absolute atomic E-state index is 0.770. The molecule has 0 radical (unpaired) electrons. The highest BCUT2D eigenvalue weighted by molar-refractivity contribution is 5.83. The molecule has 0 saturated carbocycles. The topological polar surface area (TPSA) is 38.7 Å². The maximum atomic E-state index is 9.94. The van der Waals surface area contributed by atoms with E-state index in [0.717, 1.165) is 16.3 Å². The van der Waals surface area contributed by atoms with Crippen molar-refractivity contribution in [3.05, 3.63) is 48.0 Å². The molecule has 96 valence electrons. The number of rotatable bonds is 4. The summed E-state index contributed by atoms with van der Waals surface area (Å²) < 4.78 is 10.8. The number of hydrogen-bond acceptors (Lipinski definition) is 3. The van der Waals surface area contributed by atoms with Crippen LogP contribution in [-0.2, 0) is 15.3 Å². The third-order valence-electron chi connectivity index (χ3n) is 3.31. The van der Waals surface area contributed by atoms with E-state index in [0.29, 0.717) is 0 Å². The van der Waals surface area contributed by atoms with Crippen LogP contribution in [-0.4, -0.2) is 25.4 Å². The van der Waals surface area contributed by atoms with Crippen LogP contribution in [0.3, 0.4) is 0 Å². The quantitative estimate of drug-likeness (QED) is 0.843. The molecular formula is C15H18O3. The van der Waals surface area contributed by atoms with Gasteiger partial charge in [-0.15, -0.1) is 0 Å². The van der Waals surface area contributed by atoms with Gasteiger partial charge in [0, 0.05) is 19.8 Å². The van der Waals surface area contributed by atoms with Crippen molar-refractivity contribution in [1.29, 1.82) is 0 Å². The molecule has 0 aliphatic rings. The second-order valence-electron chi connectivity index (χ2n) is 4.31. The lowest BCUT2D eigenvalue weighted by Crippen LogP contribution is -2.41. The van der Waals surface area contributed by atoms with E-state index < -0.39 is 11.9 Å². The SMILES string of the molecule is COC(OC)(c1ccc2ccccc2c1)C(C)O. The van der Waals surface area contributed by atoms with Gasteiger partial charge in [0.2, 0.25) is 5.79 Å². The van der Waals surface area contributed by atoms with Crippen LogP contribution in [0.4, 0.5) is 0 Å². The lowest BCUT2D eigenvalue weighted by atomic mass is 9.97. The molecule has 0 amide bonds. The van der Waals surface area contributed by atoms with Gasteiger partial charge in [-0.2, -0.15) is 0 Å². The fourth-order valence-electron chi connectivity index (χ4n) is 2.31. The Labute approximate surface area is 107 Å². The van der Waals surface area contributed by atoms with Crippen molar-refractivity contribution in [1.82, 2.24) is 0 Å². The average Bonchev–Trinajstić information content (AvgIpc) is 2.40. The highest BCUT2D eigenvalue weighted by atomic mass is 16.7. The normalized spacial score (nSPS) is 13.8. The van der Waals surface area contributed by atoms with E-state index in [1.807, 2.05) is 42.5 Å². The maximum absolute atomic E-state index is 9.94. The van der Waals surface area contributed by atoms with Crippen LogP contribution in [0.15, 0.2) is 42.5 Å². The van der Waals surface area contributed by atoms with Gasteiger partial charge in [-0.05, 0) is 23.8 Å². The number of benzene rings is 2. The number of methoxy groups -OCH3 is 2. The molecule has 2 aromatic carbocycles. The van der Waals surface area contributed by atoms with Crippen molar-refractivity contribution in [3.63, 3.8) is 0 Å². The highest BCUT2D eigenvalue weighted by Gasteiger charge is 2.37. The minimum Gasteiger partial charge on any atom is -0.387 e. The van der Waals surface area contributed by atoms with Gasteiger partial charge in [-0.1, -0.05) is 36.4 Å². The Morgan fingerprint density at radius 3 is 2.17 bits per heavy atom. The number of aliphatic hydroxyl groups is 1. The molecular weight excluding hydrogens is 228 g/mol. The zero-order chi connectivity index (χ0) is 13.2. The van der Waals surface area contributed by atoms with Crippen LogP contribution in [0.5, 0.6) is 0 Å². The molecule has 2 aromatic rings. The molecule has 0 fully saturated rings. The van der Waals surface area contributed by atoms with E-state index >= 15 is 0 Å². The molecule has 2 rings (SSSR count). The summed E-state index contributed by atoms with van der Waals surface area (Å²) in [5.41, 5.74) is 0.807. The van der Waals surface area contributed by atoms with Crippen molar-refractivity contribution in [3.8, 4) is 0 Å². The Kier molecular flexibility index (Phi) is 3.66. The first-order chi connectivity index (χ1) is 8.64. The fourth-order valence-corrected chi connectivity index (χ4v) is 2.31. The molecule has 0 aromatic heterocycles. The molecule has 0 bridgehead atoms. The maximum Gasteiger partial charge on any atom is 0.221 e. The number of aliphatic hydroxyl groups excluding tert-OH is 1. The third kappa shape index (κ3) is 2.01. The minimum atomic E-state index is -1.12. The molecule has 3 heteroatoms. The molecule has 1 atom stereocenters. The summed E-state index contributed by atoms with van der Waals surface area (Å²) in [5.74, 6) is -1.12. The van der Waals surface area contributed by atoms with Gasteiger partial charge in [0.25, 0.3) is 0 Å². The van der Waals surface area contributed by atoms with Crippen LogP contribution in [0.2, 0.25) is 0 Å². The van der Waals surface area contributed by atoms with Crippen LogP contribution in [0.25, 0.3) is 10.8 Å². The summed E-state index contributed by atoms with van der Waals surface area (Å²) in [6.45, 7) is 1.65. The van der Waals surface area contributed by atoms with Gasteiger partial charge in [0.1, 0.15) is 6.10 Å².